The number of hydrogen-bond donors (Lipinski definition) is 1. The number of nitrogens with two attached hydrogens (primary N) is 1. The average Bonchev–Trinajstić information content (AvgIpc) is 3.35. The van der Waals surface area contributed by atoms with Gasteiger partial charge in [-0.3, -0.25) is 9.69 Å². The van der Waals surface area contributed by atoms with Gasteiger partial charge in [0.2, 0.25) is 0 Å². The van der Waals surface area contributed by atoms with Gasteiger partial charge < -0.3 is 10.5 Å². The molecule has 2 N–H and O–H groups in total. The van der Waals surface area contributed by atoms with Gasteiger partial charge in [0, 0.05) is 5.75 Å². The molecule has 2 atom stereocenters. The fourth-order valence-electron chi connectivity index (χ4n) is 3.66. The predicted molar refractivity (Wildman–Crippen MR) is 125 cm³/mol. The summed E-state index contributed by atoms with van der Waals surface area (Å²) in [6.45, 7) is 0. The SMILES string of the molecule is N[C@]1(Sc2nncs2)C(=O)N2C(C(=O)OC(c3ccccc3)c3ccccc3)=CCS[C@H]21. The minimum Gasteiger partial charge on any atom is -0.448 e. The Morgan fingerprint density at radius 3 is 2.41 bits per heavy atom. The van der Waals surface area contributed by atoms with E-state index in [0.29, 0.717) is 10.1 Å². The Kier molecular flexibility index (Phi) is 5.76. The molecule has 2 aromatic carbocycles. The first-order valence-electron chi connectivity index (χ1n) is 9.78. The van der Waals surface area contributed by atoms with Gasteiger partial charge in [0.15, 0.2) is 15.3 Å². The molecule has 1 aromatic heterocycles. The largest absolute Gasteiger partial charge is 0.448 e. The highest BCUT2D eigenvalue weighted by molar-refractivity contribution is 8.06. The maximum atomic E-state index is 13.3. The number of amides is 1. The fraction of sp³-hybridized carbons (Fsp3) is 0.182. The molecule has 0 spiro atoms. The monoisotopic (exact) mass is 482 g/mol. The van der Waals surface area contributed by atoms with Crippen LogP contribution in [0.15, 0.2) is 82.3 Å². The lowest BCUT2D eigenvalue weighted by Gasteiger charge is -2.53. The number of benzene rings is 2. The number of fused-ring (bicyclic) bond motifs is 1. The number of β-lactam (4-membered cyclic amide) rings is 1. The molecule has 7 nitrogen and oxygen atoms in total. The molecule has 0 unspecified atom stereocenters. The van der Waals surface area contributed by atoms with Gasteiger partial charge in [-0.15, -0.1) is 22.0 Å². The van der Waals surface area contributed by atoms with Crippen LogP contribution in [0.2, 0.25) is 0 Å². The number of nitrogens with zero attached hydrogens (tertiary/aromatic N) is 3. The van der Waals surface area contributed by atoms with Crippen LogP contribution in [0.1, 0.15) is 17.2 Å². The van der Waals surface area contributed by atoms with E-state index < -0.39 is 16.9 Å². The molecule has 3 aromatic rings. The number of carbonyl (C=O) groups excluding carboxylic acids is 2. The van der Waals surface area contributed by atoms with Gasteiger partial charge in [-0.05, 0) is 17.2 Å². The van der Waals surface area contributed by atoms with Crippen LogP contribution in [-0.2, 0) is 14.3 Å². The Morgan fingerprint density at radius 1 is 1.16 bits per heavy atom. The standard InChI is InChI=1S/C22H18N4O3S3/c23-22(32-21-25-24-13-31-21)19(28)26-16(11-12-30-20(22)26)18(27)29-17(14-7-3-1-4-8-14)15-9-5-2-6-10-15/h1-11,13,17,20H,12,23H2/t20-,22-/m0/s1. The Bertz CT molecular complexity index is 1120. The fourth-order valence-corrected chi connectivity index (χ4v) is 6.93. The Hall–Kier alpha value is -2.66. The number of thioether (sulfide) groups is 2. The third kappa shape index (κ3) is 3.73. The van der Waals surface area contributed by atoms with Gasteiger partial charge in [-0.1, -0.05) is 83.8 Å². The summed E-state index contributed by atoms with van der Waals surface area (Å²) in [5.74, 6) is -0.339. The third-order valence-electron chi connectivity index (χ3n) is 5.18. The van der Waals surface area contributed by atoms with E-state index in [9.17, 15) is 9.59 Å². The van der Waals surface area contributed by atoms with Crippen LogP contribution in [0.5, 0.6) is 0 Å². The average molecular weight is 483 g/mol. The number of rotatable bonds is 6. The highest BCUT2D eigenvalue weighted by Crippen LogP contribution is 2.51. The first-order chi connectivity index (χ1) is 15.6. The Morgan fingerprint density at radius 2 is 1.81 bits per heavy atom. The quantitative estimate of drug-likeness (QED) is 0.324. The molecule has 2 aliphatic heterocycles. The number of aromatic nitrogens is 2. The summed E-state index contributed by atoms with van der Waals surface area (Å²) in [5, 5.41) is 7.40. The molecule has 0 aliphatic carbocycles. The second kappa shape index (κ2) is 8.70. The first kappa shape index (κ1) is 21.2. The number of esters is 1. The molecule has 1 saturated heterocycles. The summed E-state index contributed by atoms with van der Waals surface area (Å²) in [6.07, 6.45) is 1.14. The molecule has 0 radical (unpaired) electrons. The molecule has 5 rings (SSSR count). The highest BCUT2D eigenvalue weighted by atomic mass is 32.2. The van der Waals surface area contributed by atoms with Crippen molar-refractivity contribution in [3.63, 3.8) is 0 Å². The molecule has 0 saturated carbocycles. The zero-order valence-corrected chi connectivity index (χ0v) is 19.1. The predicted octanol–water partition coefficient (Wildman–Crippen LogP) is 3.42. The molecule has 1 amide bonds. The molecular weight excluding hydrogens is 464 g/mol. The van der Waals surface area contributed by atoms with Crippen molar-refractivity contribution in [3.05, 3.63) is 89.1 Å². The lowest BCUT2D eigenvalue weighted by molar-refractivity contribution is -0.154. The third-order valence-corrected chi connectivity index (χ3v) is 8.60. The maximum Gasteiger partial charge on any atom is 0.355 e. The highest BCUT2D eigenvalue weighted by Gasteiger charge is 2.63. The molecule has 10 heteroatoms. The van der Waals surface area contributed by atoms with Crippen LogP contribution < -0.4 is 5.73 Å². The van der Waals surface area contributed by atoms with Gasteiger partial charge in [0.05, 0.1) is 0 Å². The van der Waals surface area contributed by atoms with E-state index in [1.807, 2.05) is 60.7 Å². The molecule has 2 aliphatic rings. The molecule has 3 heterocycles. The summed E-state index contributed by atoms with van der Waals surface area (Å²) < 4.78 is 6.58. The second-order valence-electron chi connectivity index (χ2n) is 7.16. The van der Waals surface area contributed by atoms with Gasteiger partial charge in [-0.2, -0.15) is 0 Å². The van der Waals surface area contributed by atoms with Gasteiger partial charge in [0.1, 0.15) is 16.6 Å². The zero-order valence-electron chi connectivity index (χ0n) is 16.7. The maximum absolute atomic E-state index is 13.3. The van der Waals surface area contributed by atoms with Crippen molar-refractivity contribution >= 4 is 46.7 Å². The van der Waals surface area contributed by atoms with E-state index in [0.717, 1.165) is 11.1 Å². The topological polar surface area (TPSA) is 98.4 Å². The van der Waals surface area contributed by atoms with E-state index in [-0.39, 0.29) is 17.0 Å². The molecule has 1 fully saturated rings. The Labute approximate surface area is 197 Å². The first-order valence-corrected chi connectivity index (χ1v) is 12.5. The second-order valence-corrected chi connectivity index (χ2v) is 10.6. The van der Waals surface area contributed by atoms with Crippen molar-refractivity contribution in [2.75, 3.05) is 5.75 Å². The van der Waals surface area contributed by atoms with Gasteiger partial charge in [0.25, 0.3) is 5.91 Å². The van der Waals surface area contributed by atoms with Crippen molar-refractivity contribution in [2.45, 2.75) is 20.7 Å². The van der Waals surface area contributed by atoms with Gasteiger partial charge >= 0.3 is 5.97 Å². The van der Waals surface area contributed by atoms with Crippen LogP contribution in [0.4, 0.5) is 0 Å². The summed E-state index contributed by atoms with van der Waals surface area (Å²) in [5.41, 5.74) is 9.98. The smallest absolute Gasteiger partial charge is 0.355 e. The van der Waals surface area contributed by atoms with Crippen LogP contribution >= 0.6 is 34.9 Å². The van der Waals surface area contributed by atoms with Gasteiger partial charge in [-0.25, -0.2) is 4.79 Å². The van der Waals surface area contributed by atoms with E-state index in [1.165, 1.54) is 39.8 Å². The lowest BCUT2D eigenvalue weighted by Crippen LogP contribution is -2.75. The van der Waals surface area contributed by atoms with Crippen LogP contribution in [0, 0.1) is 0 Å². The van der Waals surface area contributed by atoms with E-state index in [2.05, 4.69) is 10.2 Å². The molecule has 32 heavy (non-hydrogen) atoms. The van der Waals surface area contributed by atoms with Crippen molar-refractivity contribution in [2.24, 2.45) is 5.73 Å². The normalized spacial score (nSPS) is 22.2. The van der Waals surface area contributed by atoms with Crippen LogP contribution in [0.25, 0.3) is 0 Å². The number of ether oxygens (including phenoxy) is 1. The summed E-state index contributed by atoms with van der Waals surface area (Å²) in [6, 6.07) is 19.1. The minimum absolute atomic E-state index is 0.231. The summed E-state index contributed by atoms with van der Waals surface area (Å²) in [4.78, 5) is 26.6. The molecule has 0 bridgehead atoms. The van der Waals surface area contributed by atoms with E-state index >= 15 is 0 Å². The number of hydrogen-bond acceptors (Lipinski definition) is 9. The summed E-state index contributed by atoms with van der Waals surface area (Å²) in [7, 11) is 0. The minimum atomic E-state index is -1.19. The zero-order chi connectivity index (χ0) is 22.1. The van der Waals surface area contributed by atoms with E-state index in [4.69, 9.17) is 10.5 Å². The van der Waals surface area contributed by atoms with Crippen LogP contribution in [-0.4, -0.2) is 43.0 Å². The van der Waals surface area contributed by atoms with Crippen LogP contribution in [0.3, 0.4) is 0 Å². The van der Waals surface area contributed by atoms with E-state index in [1.54, 1.807) is 11.6 Å². The number of carbonyl (C=O) groups is 2. The Balaban J connectivity index is 1.38. The summed E-state index contributed by atoms with van der Waals surface area (Å²) >= 11 is 4.02. The van der Waals surface area contributed by atoms with Crippen molar-refractivity contribution < 1.29 is 14.3 Å². The van der Waals surface area contributed by atoms with Crippen molar-refractivity contribution in [3.8, 4) is 0 Å². The van der Waals surface area contributed by atoms with Crippen molar-refractivity contribution in [1.82, 2.24) is 15.1 Å². The lowest BCUT2D eigenvalue weighted by atomic mass is 10.0. The van der Waals surface area contributed by atoms with Crippen molar-refractivity contribution in [1.29, 1.82) is 0 Å². The molecular formula is C22H18N4O3S3. The molecule has 162 valence electrons.